The average molecular weight is 392 g/mol. The van der Waals surface area contributed by atoms with Crippen molar-refractivity contribution < 1.29 is 18.7 Å². The van der Waals surface area contributed by atoms with Crippen LogP contribution in [0.2, 0.25) is 5.02 Å². The minimum absolute atomic E-state index is 0.00777. The van der Waals surface area contributed by atoms with Crippen molar-refractivity contribution in [2.45, 2.75) is 31.9 Å². The van der Waals surface area contributed by atoms with Gasteiger partial charge in [-0.05, 0) is 61.7 Å². The first-order chi connectivity index (χ1) is 13.0. The molecule has 2 aromatic carbocycles. The molecule has 0 radical (unpaired) electrons. The van der Waals surface area contributed by atoms with Crippen molar-refractivity contribution in [3.05, 3.63) is 64.9 Å². The summed E-state index contributed by atoms with van der Waals surface area (Å²) in [6, 6.07) is 13.4. The Labute approximate surface area is 163 Å². The van der Waals surface area contributed by atoms with Gasteiger partial charge < -0.3 is 14.4 Å². The van der Waals surface area contributed by atoms with Gasteiger partial charge in [-0.3, -0.25) is 4.79 Å². The summed E-state index contributed by atoms with van der Waals surface area (Å²) < 4.78 is 24.4. The van der Waals surface area contributed by atoms with Crippen molar-refractivity contribution in [3.8, 4) is 5.75 Å². The van der Waals surface area contributed by atoms with E-state index in [2.05, 4.69) is 0 Å². The monoisotopic (exact) mass is 391 g/mol. The predicted octanol–water partition coefficient (Wildman–Crippen LogP) is 4.11. The van der Waals surface area contributed by atoms with Crippen LogP contribution in [0.4, 0.5) is 4.39 Å². The maximum Gasteiger partial charge on any atom is 0.260 e. The number of aryl methyl sites for hydroxylation is 1. The molecule has 0 saturated carbocycles. The molecule has 1 heterocycles. The van der Waals surface area contributed by atoms with E-state index in [4.69, 9.17) is 21.1 Å². The quantitative estimate of drug-likeness (QED) is 0.744. The molecule has 0 aliphatic carbocycles. The summed E-state index contributed by atoms with van der Waals surface area (Å²) in [5, 5.41) is 0.625. The predicted molar refractivity (Wildman–Crippen MR) is 103 cm³/mol. The van der Waals surface area contributed by atoms with E-state index in [1.54, 1.807) is 36.4 Å². The molecular weight excluding hydrogens is 369 g/mol. The minimum Gasteiger partial charge on any atom is -0.484 e. The Balaban J connectivity index is 1.50. The van der Waals surface area contributed by atoms with Crippen molar-refractivity contribution in [3.63, 3.8) is 0 Å². The first-order valence-corrected chi connectivity index (χ1v) is 9.43. The number of ether oxygens (including phenoxy) is 2. The highest BCUT2D eigenvalue weighted by Crippen LogP contribution is 2.19. The zero-order valence-corrected chi connectivity index (χ0v) is 16.0. The van der Waals surface area contributed by atoms with Crippen molar-refractivity contribution in [2.24, 2.45) is 0 Å². The Kier molecular flexibility index (Phi) is 6.69. The molecular formula is C21H23ClFNO3. The number of morpholine rings is 1. The first-order valence-electron chi connectivity index (χ1n) is 9.05. The average Bonchev–Trinajstić information content (AvgIpc) is 2.68. The molecule has 1 aliphatic heterocycles. The Morgan fingerprint density at radius 2 is 1.93 bits per heavy atom. The van der Waals surface area contributed by atoms with E-state index in [9.17, 15) is 9.18 Å². The molecule has 1 amide bonds. The number of benzene rings is 2. The molecule has 27 heavy (non-hydrogen) atoms. The van der Waals surface area contributed by atoms with Gasteiger partial charge in [0.05, 0.1) is 18.8 Å². The van der Waals surface area contributed by atoms with Crippen LogP contribution >= 0.6 is 11.6 Å². The van der Waals surface area contributed by atoms with Crippen molar-refractivity contribution in [1.82, 2.24) is 4.90 Å². The minimum atomic E-state index is -0.237. The summed E-state index contributed by atoms with van der Waals surface area (Å²) in [7, 11) is 0. The van der Waals surface area contributed by atoms with E-state index < -0.39 is 0 Å². The number of hydrogen-bond acceptors (Lipinski definition) is 3. The van der Waals surface area contributed by atoms with Crippen molar-refractivity contribution >= 4 is 17.5 Å². The molecule has 6 heteroatoms. The summed E-state index contributed by atoms with van der Waals surface area (Å²) in [4.78, 5) is 14.4. The molecule has 0 spiro atoms. The normalized spacial score (nSPS) is 19.7. The number of hydrogen-bond donors (Lipinski definition) is 0. The number of amides is 1. The van der Waals surface area contributed by atoms with Crippen molar-refractivity contribution in [1.29, 1.82) is 0 Å². The summed E-state index contributed by atoms with van der Waals surface area (Å²) >= 11 is 5.85. The van der Waals surface area contributed by atoms with Gasteiger partial charge >= 0.3 is 0 Å². The van der Waals surface area contributed by atoms with Gasteiger partial charge in [0.15, 0.2) is 6.61 Å². The second-order valence-corrected chi connectivity index (χ2v) is 7.19. The van der Waals surface area contributed by atoms with Crippen LogP contribution in [0.3, 0.4) is 0 Å². The van der Waals surface area contributed by atoms with Crippen LogP contribution in [0.1, 0.15) is 18.9 Å². The van der Waals surface area contributed by atoms with Crippen LogP contribution in [0.25, 0.3) is 0 Å². The van der Waals surface area contributed by atoms with Crippen LogP contribution in [-0.2, 0) is 16.0 Å². The molecule has 1 saturated heterocycles. The van der Waals surface area contributed by atoms with Gasteiger partial charge in [0, 0.05) is 11.6 Å². The van der Waals surface area contributed by atoms with Gasteiger partial charge in [-0.1, -0.05) is 23.7 Å². The molecule has 4 nitrogen and oxygen atoms in total. The van der Waals surface area contributed by atoms with E-state index >= 15 is 0 Å². The van der Waals surface area contributed by atoms with Crippen LogP contribution in [0.5, 0.6) is 5.75 Å². The Morgan fingerprint density at radius 3 is 2.63 bits per heavy atom. The fraction of sp³-hybridized carbons (Fsp3) is 0.381. The fourth-order valence-corrected chi connectivity index (χ4v) is 3.20. The lowest BCUT2D eigenvalue weighted by molar-refractivity contribution is -0.146. The SMILES string of the molecule is CC1COC(CCc2ccc(F)cc2)CN1C(=O)COc1ccc(Cl)cc1. The van der Waals surface area contributed by atoms with Crippen LogP contribution in [0, 0.1) is 5.82 Å². The summed E-state index contributed by atoms with van der Waals surface area (Å²) in [5.74, 6) is 0.313. The Bertz CT molecular complexity index is 751. The lowest BCUT2D eigenvalue weighted by Crippen LogP contribution is -2.52. The van der Waals surface area contributed by atoms with Gasteiger partial charge in [0.1, 0.15) is 11.6 Å². The second kappa shape index (κ2) is 9.20. The molecule has 0 bridgehead atoms. The largest absolute Gasteiger partial charge is 0.484 e. The molecule has 2 atom stereocenters. The number of carbonyl (C=O) groups is 1. The maximum atomic E-state index is 13.0. The molecule has 0 N–H and O–H groups in total. The smallest absolute Gasteiger partial charge is 0.260 e. The number of nitrogens with zero attached hydrogens (tertiary/aromatic N) is 1. The highest BCUT2D eigenvalue weighted by Gasteiger charge is 2.29. The lowest BCUT2D eigenvalue weighted by Gasteiger charge is -2.38. The molecule has 3 rings (SSSR count). The first kappa shape index (κ1) is 19.6. The van der Waals surface area contributed by atoms with Gasteiger partial charge in [-0.15, -0.1) is 0 Å². The lowest BCUT2D eigenvalue weighted by atomic mass is 10.0. The number of carbonyl (C=O) groups excluding carboxylic acids is 1. The van der Waals surface area contributed by atoms with E-state index in [1.807, 2.05) is 11.8 Å². The van der Waals surface area contributed by atoms with Gasteiger partial charge in [0.25, 0.3) is 5.91 Å². The third-order valence-corrected chi connectivity index (χ3v) is 4.92. The second-order valence-electron chi connectivity index (χ2n) is 6.76. The number of halogens is 2. The van der Waals surface area contributed by atoms with Crippen molar-refractivity contribution in [2.75, 3.05) is 19.8 Å². The maximum absolute atomic E-state index is 13.0. The standard InChI is InChI=1S/C21H23ClFNO3/c1-15-13-26-20(9-4-16-2-7-18(23)8-3-16)12-24(15)21(25)14-27-19-10-5-17(22)6-11-19/h2-3,5-8,10-11,15,20H,4,9,12-14H2,1H3. The highest BCUT2D eigenvalue weighted by atomic mass is 35.5. The van der Waals surface area contributed by atoms with Crippen LogP contribution < -0.4 is 4.74 Å². The van der Waals surface area contributed by atoms with E-state index in [0.29, 0.717) is 23.9 Å². The number of rotatable bonds is 6. The fourth-order valence-electron chi connectivity index (χ4n) is 3.08. The third-order valence-electron chi connectivity index (χ3n) is 4.67. The topological polar surface area (TPSA) is 38.8 Å². The van der Waals surface area contributed by atoms with E-state index in [1.165, 1.54) is 12.1 Å². The molecule has 144 valence electrons. The summed E-state index contributed by atoms with van der Waals surface area (Å²) in [6.07, 6.45) is 1.52. The van der Waals surface area contributed by atoms with E-state index in [0.717, 1.165) is 18.4 Å². The van der Waals surface area contributed by atoms with E-state index in [-0.39, 0.29) is 30.5 Å². The van der Waals surface area contributed by atoms with Crippen LogP contribution in [0.15, 0.2) is 48.5 Å². The Hall–Kier alpha value is -2.11. The molecule has 0 aromatic heterocycles. The molecule has 2 aromatic rings. The zero-order valence-electron chi connectivity index (χ0n) is 15.2. The molecule has 1 aliphatic rings. The molecule has 1 fully saturated rings. The zero-order chi connectivity index (χ0) is 19.2. The van der Waals surface area contributed by atoms with Gasteiger partial charge in [-0.2, -0.15) is 0 Å². The summed E-state index contributed by atoms with van der Waals surface area (Å²) in [6.45, 7) is 2.99. The third kappa shape index (κ3) is 5.68. The highest BCUT2D eigenvalue weighted by molar-refractivity contribution is 6.30. The van der Waals surface area contributed by atoms with Gasteiger partial charge in [-0.25, -0.2) is 4.39 Å². The molecule has 2 unspecified atom stereocenters. The van der Waals surface area contributed by atoms with Gasteiger partial charge in [0.2, 0.25) is 0 Å². The summed E-state index contributed by atoms with van der Waals surface area (Å²) in [5.41, 5.74) is 1.06. The Morgan fingerprint density at radius 1 is 1.22 bits per heavy atom. The van der Waals surface area contributed by atoms with Crippen LogP contribution in [-0.4, -0.2) is 42.7 Å².